The van der Waals surface area contributed by atoms with E-state index in [4.69, 9.17) is 10.2 Å². The molecule has 0 atom stereocenters. The summed E-state index contributed by atoms with van der Waals surface area (Å²) in [5.74, 6) is 0. The van der Waals surface area contributed by atoms with Crippen molar-refractivity contribution in [1.29, 1.82) is 0 Å². The van der Waals surface area contributed by atoms with Crippen molar-refractivity contribution in [2.75, 3.05) is 0 Å². The van der Waals surface area contributed by atoms with Crippen LogP contribution in [0.5, 0.6) is 0 Å². The van der Waals surface area contributed by atoms with Crippen LogP contribution in [0.15, 0.2) is 132 Å². The normalized spacial score (nSPS) is 13.4. The Morgan fingerprint density at radius 1 is 0.304 bits per heavy atom. The Bertz CT molecular complexity index is 2030. The van der Waals surface area contributed by atoms with Crippen molar-refractivity contribution in [3.63, 3.8) is 0 Å². The Balaban J connectivity index is 1.49. The predicted molar refractivity (Wildman–Crippen MR) is 242 cm³/mol. The third-order valence-corrected chi connectivity index (χ3v) is 10.9. The third-order valence-electron chi connectivity index (χ3n) is 10.9. The van der Waals surface area contributed by atoms with Crippen LogP contribution < -0.4 is 0 Å². The van der Waals surface area contributed by atoms with Gasteiger partial charge in [0.25, 0.3) is 0 Å². The van der Waals surface area contributed by atoms with Crippen molar-refractivity contribution in [3.05, 3.63) is 144 Å². The van der Waals surface area contributed by atoms with Gasteiger partial charge in [-0.05, 0) is 82.0 Å². The Labute approximate surface area is 337 Å². The number of nitrogens with zero attached hydrogens (tertiary/aromatic N) is 4. The minimum atomic E-state index is 0.0717. The van der Waals surface area contributed by atoms with Gasteiger partial charge >= 0.3 is 0 Å². The summed E-state index contributed by atoms with van der Waals surface area (Å²) in [5.41, 5.74) is 15.8. The SMILES string of the molecule is CC(=N\n1c(-c2ccc(C(C)(C)C)cc2)ccc1-c1ccc(C(C)(C)C)cc1)/C(C)=N/n1c(-c2ccc(C(C)(C)C)cc2)ccc1-c1ccc(C(C)(C)C)cc1. The van der Waals surface area contributed by atoms with Gasteiger partial charge < -0.3 is 0 Å². The first-order chi connectivity index (χ1) is 26.1. The third kappa shape index (κ3) is 8.76. The van der Waals surface area contributed by atoms with Gasteiger partial charge in [0.2, 0.25) is 0 Å². The quantitative estimate of drug-likeness (QED) is 0.146. The van der Waals surface area contributed by atoms with Gasteiger partial charge in [0.1, 0.15) is 0 Å². The van der Waals surface area contributed by atoms with Crippen molar-refractivity contribution in [1.82, 2.24) is 9.35 Å². The molecule has 0 radical (unpaired) electrons. The molecule has 0 amide bonds. The van der Waals surface area contributed by atoms with Crippen LogP contribution in [0.2, 0.25) is 0 Å². The van der Waals surface area contributed by atoms with Crippen molar-refractivity contribution < 1.29 is 0 Å². The van der Waals surface area contributed by atoms with Gasteiger partial charge in [-0.15, -0.1) is 0 Å². The fourth-order valence-corrected chi connectivity index (χ4v) is 6.96. The molecule has 0 spiro atoms. The first kappa shape index (κ1) is 40.4. The first-order valence-electron chi connectivity index (χ1n) is 20.1. The van der Waals surface area contributed by atoms with E-state index >= 15 is 0 Å². The topological polar surface area (TPSA) is 34.6 Å². The number of benzene rings is 4. The fourth-order valence-electron chi connectivity index (χ4n) is 6.96. The van der Waals surface area contributed by atoms with Crippen LogP contribution in [0.25, 0.3) is 45.0 Å². The molecule has 0 fully saturated rings. The molecule has 4 nitrogen and oxygen atoms in total. The van der Waals surface area contributed by atoms with E-state index in [1.54, 1.807) is 0 Å². The molecule has 290 valence electrons. The maximum Gasteiger partial charge on any atom is 0.0812 e. The zero-order chi connectivity index (χ0) is 40.8. The van der Waals surface area contributed by atoms with Crippen molar-refractivity contribution in [2.24, 2.45) is 10.2 Å². The van der Waals surface area contributed by atoms with E-state index in [1.807, 2.05) is 0 Å². The lowest BCUT2D eigenvalue weighted by atomic mass is 9.86. The summed E-state index contributed by atoms with van der Waals surface area (Å²) in [6.07, 6.45) is 0. The predicted octanol–water partition coefficient (Wildman–Crippen LogP) is 14.3. The van der Waals surface area contributed by atoms with E-state index in [0.717, 1.165) is 56.5 Å². The number of rotatable bonds is 7. The molecule has 0 unspecified atom stereocenters. The highest BCUT2D eigenvalue weighted by atomic mass is 15.4. The summed E-state index contributed by atoms with van der Waals surface area (Å²) in [4.78, 5) is 0. The molecule has 4 aromatic carbocycles. The van der Waals surface area contributed by atoms with Crippen LogP contribution in [-0.4, -0.2) is 20.8 Å². The zero-order valence-electron chi connectivity index (χ0n) is 36.3. The lowest BCUT2D eigenvalue weighted by molar-refractivity contribution is 0.590. The molecule has 0 N–H and O–H groups in total. The van der Waals surface area contributed by atoms with Gasteiger partial charge in [-0.25, -0.2) is 9.35 Å². The van der Waals surface area contributed by atoms with E-state index in [1.165, 1.54) is 22.3 Å². The highest BCUT2D eigenvalue weighted by molar-refractivity contribution is 6.40. The second-order valence-corrected chi connectivity index (χ2v) is 19.5. The molecule has 6 rings (SSSR count). The standard InChI is InChI=1S/C52H62N4/c1-35(53-55-45(37-15-23-41(24-16-37)49(3,4)5)31-32-46(55)38-17-25-42(26-18-38)50(6,7)8)36(2)54-56-47(39-19-27-43(28-20-39)51(9,10)11)33-34-48(56)40-21-29-44(30-22-40)52(12,13)14/h15-34H,1-14H3/b53-35+,54-36+. The summed E-state index contributed by atoms with van der Waals surface area (Å²) in [7, 11) is 0. The molecule has 56 heavy (non-hydrogen) atoms. The average molecular weight is 743 g/mol. The van der Waals surface area contributed by atoms with Gasteiger partial charge in [0.15, 0.2) is 0 Å². The van der Waals surface area contributed by atoms with Crippen molar-refractivity contribution in [2.45, 2.75) is 119 Å². The lowest BCUT2D eigenvalue weighted by Gasteiger charge is -2.20. The van der Waals surface area contributed by atoms with E-state index in [2.05, 4.69) is 228 Å². The molecule has 0 bridgehead atoms. The van der Waals surface area contributed by atoms with Gasteiger partial charge in [0.05, 0.1) is 34.2 Å². The molecule has 0 aliphatic carbocycles. The van der Waals surface area contributed by atoms with Crippen molar-refractivity contribution >= 4 is 11.4 Å². The Morgan fingerprint density at radius 3 is 0.643 bits per heavy atom. The van der Waals surface area contributed by atoms with Crippen LogP contribution in [0, 0.1) is 0 Å². The molecule has 4 heteroatoms. The highest BCUT2D eigenvalue weighted by Crippen LogP contribution is 2.35. The molecule has 0 saturated heterocycles. The number of hydrogen-bond acceptors (Lipinski definition) is 2. The Kier molecular flexibility index (Phi) is 10.9. The van der Waals surface area contributed by atoms with E-state index in [-0.39, 0.29) is 21.7 Å². The van der Waals surface area contributed by atoms with Crippen LogP contribution in [0.3, 0.4) is 0 Å². The van der Waals surface area contributed by atoms with Crippen LogP contribution >= 0.6 is 0 Å². The second kappa shape index (κ2) is 15.0. The molecular weight excluding hydrogens is 681 g/mol. The molecule has 2 heterocycles. The summed E-state index contributed by atoms with van der Waals surface area (Å²) in [5, 5.41) is 10.7. The van der Waals surface area contributed by atoms with E-state index in [0.29, 0.717) is 0 Å². The minimum Gasteiger partial charge on any atom is -0.232 e. The average Bonchev–Trinajstić information content (AvgIpc) is 3.74. The summed E-state index contributed by atoms with van der Waals surface area (Å²) < 4.78 is 4.20. The van der Waals surface area contributed by atoms with Crippen molar-refractivity contribution in [3.8, 4) is 45.0 Å². The number of aromatic nitrogens is 2. The molecule has 0 aliphatic rings. The smallest absolute Gasteiger partial charge is 0.0812 e. The van der Waals surface area contributed by atoms with E-state index < -0.39 is 0 Å². The second-order valence-electron chi connectivity index (χ2n) is 19.5. The van der Waals surface area contributed by atoms with Gasteiger partial charge in [-0.2, -0.15) is 10.2 Å². The summed E-state index contributed by atoms with van der Waals surface area (Å²) in [6, 6.07) is 44.4. The van der Waals surface area contributed by atoms with E-state index in [9.17, 15) is 0 Å². The van der Waals surface area contributed by atoms with Gasteiger partial charge in [-0.1, -0.05) is 180 Å². The molecular formula is C52H62N4. The monoisotopic (exact) mass is 742 g/mol. The Hall–Kier alpha value is -5.22. The fraction of sp³-hybridized carbons (Fsp3) is 0.346. The van der Waals surface area contributed by atoms with Gasteiger partial charge in [0, 0.05) is 22.3 Å². The first-order valence-corrected chi connectivity index (χ1v) is 20.1. The van der Waals surface area contributed by atoms with Crippen LogP contribution in [0.4, 0.5) is 0 Å². The zero-order valence-corrected chi connectivity index (χ0v) is 36.3. The molecule has 6 aromatic rings. The summed E-state index contributed by atoms with van der Waals surface area (Å²) >= 11 is 0. The van der Waals surface area contributed by atoms with Gasteiger partial charge in [-0.3, -0.25) is 0 Å². The maximum absolute atomic E-state index is 5.37. The minimum absolute atomic E-state index is 0.0717. The molecule has 0 aliphatic heterocycles. The highest BCUT2D eigenvalue weighted by Gasteiger charge is 2.20. The number of hydrogen-bond donors (Lipinski definition) is 0. The molecule has 2 aromatic heterocycles. The Morgan fingerprint density at radius 2 is 0.482 bits per heavy atom. The summed E-state index contributed by atoms with van der Waals surface area (Å²) in [6.45, 7) is 31.2. The van der Waals surface area contributed by atoms with Crippen LogP contribution in [0.1, 0.15) is 119 Å². The lowest BCUT2D eigenvalue weighted by Crippen LogP contribution is -2.13. The largest absolute Gasteiger partial charge is 0.232 e. The van der Waals surface area contributed by atoms with Crippen LogP contribution in [-0.2, 0) is 21.7 Å². The maximum atomic E-state index is 5.37. The molecule has 0 saturated carbocycles.